The van der Waals surface area contributed by atoms with Crippen molar-refractivity contribution in [3.05, 3.63) is 40.6 Å². The van der Waals surface area contributed by atoms with Crippen LogP contribution in [0.5, 0.6) is 0 Å². The van der Waals surface area contributed by atoms with E-state index in [0.717, 1.165) is 17.9 Å². The molecule has 4 heteroatoms. The Hall–Kier alpha value is -1.42. The first kappa shape index (κ1) is 9.15. The van der Waals surface area contributed by atoms with Gasteiger partial charge in [0, 0.05) is 28.7 Å². The summed E-state index contributed by atoms with van der Waals surface area (Å²) in [6, 6.07) is 4.00. The van der Waals surface area contributed by atoms with E-state index in [4.69, 9.17) is 0 Å². The molecule has 0 aliphatic rings. The lowest BCUT2D eigenvalue weighted by Crippen LogP contribution is -1.97. The highest BCUT2D eigenvalue weighted by molar-refractivity contribution is 7.09. The summed E-state index contributed by atoms with van der Waals surface area (Å²) >= 11 is 1.66. The molecule has 0 unspecified atom stereocenters. The van der Waals surface area contributed by atoms with Gasteiger partial charge in [0.05, 0.1) is 12.1 Å². The van der Waals surface area contributed by atoms with Crippen LogP contribution in [0, 0.1) is 6.92 Å². The first-order valence-electron chi connectivity index (χ1n) is 4.38. The maximum absolute atomic E-state index is 4.14. The molecule has 2 heterocycles. The highest BCUT2D eigenvalue weighted by Crippen LogP contribution is 2.11. The van der Waals surface area contributed by atoms with E-state index in [0.29, 0.717) is 0 Å². The smallest absolute Gasteiger partial charge is 0.0794 e. The molecular weight excluding hydrogens is 194 g/mol. The lowest BCUT2D eigenvalue weighted by Gasteiger charge is -2.04. The van der Waals surface area contributed by atoms with Crippen LogP contribution < -0.4 is 5.32 Å². The minimum atomic E-state index is 0.828. The van der Waals surface area contributed by atoms with E-state index in [1.54, 1.807) is 11.3 Å². The third-order valence-corrected chi connectivity index (χ3v) is 2.63. The van der Waals surface area contributed by atoms with Gasteiger partial charge in [0.1, 0.15) is 0 Å². The van der Waals surface area contributed by atoms with Gasteiger partial charge < -0.3 is 5.32 Å². The second-order valence-corrected chi connectivity index (χ2v) is 3.98. The van der Waals surface area contributed by atoms with Crippen molar-refractivity contribution in [2.45, 2.75) is 13.5 Å². The first-order valence-corrected chi connectivity index (χ1v) is 5.26. The van der Waals surface area contributed by atoms with Crippen molar-refractivity contribution in [3.8, 4) is 0 Å². The van der Waals surface area contributed by atoms with Crippen LogP contribution in [-0.2, 0) is 6.54 Å². The van der Waals surface area contributed by atoms with Gasteiger partial charge in [-0.2, -0.15) is 0 Å². The minimum Gasteiger partial charge on any atom is -0.380 e. The molecule has 0 fully saturated rings. The number of pyridine rings is 1. The number of rotatable bonds is 3. The zero-order valence-corrected chi connectivity index (χ0v) is 8.71. The molecule has 1 N–H and O–H groups in total. The third-order valence-electron chi connectivity index (χ3n) is 1.85. The average Bonchev–Trinajstić information content (AvgIpc) is 2.67. The van der Waals surface area contributed by atoms with Crippen molar-refractivity contribution < 1.29 is 0 Å². The Morgan fingerprint density at radius 3 is 3.14 bits per heavy atom. The molecule has 14 heavy (non-hydrogen) atoms. The molecule has 0 radical (unpaired) electrons. The van der Waals surface area contributed by atoms with Crippen LogP contribution in [0.2, 0.25) is 0 Å². The van der Waals surface area contributed by atoms with Crippen LogP contribution in [0.3, 0.4) is 0 Å². The number of aromatic nitrogens is 2. The summed E-state index contributed by atoms with van der Waals surface area (Å²) in [5.74, 6) is 0. The third kappa shape index (κ3) is 2.29. The molecule has 2 rings (SSSR count). The summed E-state index contributed by atoms with van der Waals surface area (Å²) < 4.78 is 0. The lowest BCUT2D eigenvalue weighted by molar-refractivity contribution is 1.14. The molecule has 2 aromatic rings. The molecule has 0 aliphatic heterocycles. The molecular formula is C10H11N3S. The van der Waals surface area contributed by atoms with Crippen molar-refractivity contribution in [2.24, 2.45) is 0 Å². The maximum atomic E-state index is 4.14. The number of aryl methyl sites for hydroxylation is 1. The van der Waals surface area contributed by atoms with E-state index in [-0.39, 0.29) is 0 Å². The molecule has 0 bridgehead atoms. The van der Waals surface area contributed by atoms with Crippen molar-refractivity contribution >= 4 is 17.0 Å². The van der Waals surface area contributed by atoms with E-state index in [1.807, 2.05) is 37.0 Å². The normalized spacial score (nSPS) is 10.1. The Kier molecular flexibility index (Phi) is 2.74. The summed E-state index contributed by atoms with van der Waals surface area (Å²) in [4.78, 5) is 9.39. The highest BCUT2D eigenvalue weighted by Gasteiger charge is 1.95. The van der Waals surface area contributed by atoms with Gasteiger partial charge in [0.2, 0.25) is 0 Å². The summed E-state index contributed by atoms with van der Waals surface area (Å²) in [5.41, 5.74) is 3.97. The van der Waals surface area contributed by atoms with Gasteiger partial charge >= 0.3 is 0 Å². The SMILES string of the molecule is Cc1cc(NCc2cncs2)ccn1. The number of nitrogens with zero attached hydrogens (tertiary/aromatic N) is 2. The predicted octanol–water partition coefficient (Wildman–Crippen LogP) is 2.46. The van der Waals surface area contributed by atoms with Crippen molar-refractivity contribution in [1.82, 2.24) is 9.97 Å². The number of thiazole rings is 1. The van der Waals surface area contributed by atoms with Crippen LogP contribution >= 0.6 is 11.3 Å². The number of anilines is 1. The lowest BCUT2D eigenvalue weighted by atomic mass is 10.3. The van der Waals surface area contributed by atoms with Gasteiger partial charge in [-0.1, -0.05) is 0 Å². The van der Waals surface area contributed by atoms with Crippen LogP contribution in [0.25, 0.3) is 0 Å². The molecule has 0 saturated carbocycles. The van der Waals surface area contributed by atoms with E-state index in [2.05, 4.69) is 15.3 Å². The number of nitrogens with one attached hydrogen (secondary N) is 1. The fourth-order valence-corrected chi connectivity index (χ4v) is 1.71. The standard InChI is InChI=1S/C10H11N3S/c1-8-4-9(2-3-12-8)13-6-10-5-11-7-14-10/h2-5,7H,6H2,1H3,(H,12,13). The predicted molar refractivity (Wildman–Crippen MR) is 58.4 cm³/mol. The number of hydrogen-bond acceptors (Lipinski definition) is 4. The van der Waals surface area contributed by atoms with Crippen molar-refractivity contribution in [2.75, 3.05) is 5.32 Å². The van der Waals surface area contributed by atoms with Crippen molar-refractivity contribution in [1.29, 1.82) is 0 Å². The van der Waals surface area contributed by atoms with E-state index >= 15 is 0 Å². The molecule has 0 amide bonds. The molecule has 0 aliphatic carbocycles. The second-order valence-electron chi connectivity index (χ2n) is 3.01. The Balaban J connectivity index is 1.98. The molecule has 0 atom stereocenters. The molecule has 0 saturated heterocycles. The topological polar surface area (TPSA) is 37.8 Å². The largest absolute Gasteiger partial charge is 0.380 e. The van der Waals surface area contributed by atoms with Gasteiger partial charge in [0.15, 0.2) is 0 Å². The van der Waals surface area contributed by atoms with Gasteiger partial charge in [0.25, 0.3) is 0 Å². The summed E-state index contributed by atoms with van der Waals surface area (Å²) in [6.45, 7) is 2.81. The van der Waals surface area contributed by atoms with E-state index in [9.17, 15) is 0 Å². The van der Waals surface area contributed by atoms with Crippen molar-refractivity contribution in [3.63, 3.8) is 0 Å². The van der Waals surface area contributed by atoms with Gasteiger partial charge in [-0.05, 0) is 19.1 Å². The van der Waals surface area contributed by atoms with Crippen LogP contribution in [0.4, 0.5) is 5.69 Å². The van der Waals surface area contributed by atoms with E-state index < -0.39 is 0 Å². The van der Waals surface area contributed by atoms with Gasteiger partial charge in [-0.3, -0.25) is 9.97 Å². The quantitative estimate of drug-likeness (QED) is 0.836. The Bertz CT molecular complexity index is 398. The molecule has 72 valence electrons. The summed E-state index contributed by atoms with van der Waals surface area (Å²) in [7, 11) is 0. The molecule has 0 aromatic carbocycles. The maximum Gasteiger partial charge on any atom is 0.0794 e. The van der Waals surface area contributed by atoms with Crippen LogP contribution in [0.15, 0.2) is 30.0 Å². The van der Waals surface area contributed by atoms with Crippen LogP contribution in [-0.4, -0.2) is 9.97 Å². The fraction of sp³-hybridized carbons (Fsp3) is 0.200. The zero-order chi connectivity index (χ0) is 9.80. The average molecular weight is 205 g/mol. The fourth-order valence-electron chi connectivity index (χ4n) is 1.17. The zero-order valence-electron chi connectivity index (χ0n) is 7.90. The molecule has 0 spiro atoms. The number of hydrogen-bond donors (Lipinski definition) is 1. The Morgan fingerprint density at radius 1 is 1.50 bits per heavy atom. The summed E-state index contributed by atoms with van der Waals surface area (Å²) in [6.07, 6.45) is 3.69. The van der Waals surface area contributed by atoms with Gasteiger partial charge in [-0.15, -0.1) is 11.3 Å². The Morgan fingerprint density at radius 2 is 2.43 bits per heavy atom. The minimum absolute atomic E-state index is 0.828. The summed E-state index contributed by atoms with van der Waals surface area (Å²) in [5, 5.41) is 3.32. The highest BCUT2D eigenvalue weighted by atomic mass is 32.1. The monoisotopic (exact) mass is 205 g/mol. The van der Waals surface area contributed by atoms with Crippen LogP contribution in [0.1, 0.15) is 10.6 Å². The first-order chi connectivity index (χ1) is 6.84. The van der Waals surface area contributed by atoms with E-state index in [1.165, 1.54) is 4.88 Å². The molecule has 2 aromatic heterocycles. The van der Waals surface area contributed by atoms with Gasteiger partial charge in [-0.25, -0.2) is 0 Å². The Labute approximate surface area is 86.8 Å². The molecule has 3 nitrogen and oxygen atoms in total. The second kappa shape index (κ2) is 4.19.